The fourth-order valence-corrected chi connectivity index (χ4v) is 17.1. The van der Waals surface area contributed by atoms with Crippen LogP contribution in [0.1, 0.15) is 126 Å². The molecule has 111 heavy (non-hydrogen) atoms. The highest BCUT2D eigenvalue weighted by molar-refractivity contribution is 8.76. The van der Waals surface area contributed by atoms with Crippen molar-refractivity contribution in [2.24, 2.45) is 45.9 Å². The number of aromatic amines is 2. The van der Waals surface area contributed by atoms with Crippen molar-refractivity contribution >= 4 is 145 Å². The van der Waals surface area contributed by atoms with Crippen molar-refractivity contribution in [2.75, 3.05) is 36.2 Å². The van der Waals surface area contributed by atoms with Gasteiger partial charge in [-0.2, -0.15) is 0 Å². The molecule has 12 atom stereocenters. The molecule has 0 spiro atoms. The number of H-pyrrole nitrogens is 2. The van der Waals surface area contributed by atoms with Crippen LogP contribution in [0.15, 0.2) is 90.1 Å². The number of carbonyl (C=O) groups is 13. The number of unbranched alkanes of at least 4 members (excludes halogenated alkanes) is 1. The molecule has 2 aromatic heterocycles. The number of allylic oxidation sites excluding steroid dienone is 1. The summed E-state index contributed by atoms with van der Waals surface area (Å²) in [5.74, 6) is -17.2. The SMILES string of the molecule is C[C@@H]1CC(=O)[C@@H]2CSSC[C@H](NC(=O)[C@H](CCCNC(=N)N)NC(=O)[C@H](CCCNC(=N)N)NC(=O)[C@H](CCC(=O)O)NC(=O)[C@H](CCCCC(=N)N)CC1=O)C(=O)N1CSC[C@H]1C(=O)N[C@@H](Cc1c[nH]cn1)C(=O)N[C@H](Cc1ccccc1)C(=O)N[C@@H](CC1=CCC=N1)C(=O)C[C@@H](Cc1c[nH]c3ccccc13)C(=O)C2. The van der Waals surface area contributed by atoms with Gasteiger partial charge in [0, 0.05) is 153 Å². The Morgan fingerprint density at radius 2 is 1.18 bits per heavy atom. The number of hydrogen-bond donors (Lipinski definition) is 18. The molecular weight excluding hydrogens is 1490 g/mol. The van der Waals surface area contributed by atoms with Crippen LogP contribution in [0.4, 0.5) is 0 Å². The van der Waals surface area contributed by atoms with E-state index in [1.54, 1.807) is 48.8 Å². The number of benzene rings is 2. The van der Waals surface area contributed by atoms with Gasteiger partial charge in [-0.05, 0) is 68.6 Å². The largest absolute Gasteiger partial charge is 0.481 e. The first kappa shape index (κ1) is 86.2. The quantitative estimate of drug-likeness (QED) is 0.0205. The average Bonchev–Trinajstić information content (AvgIpc) is 1.73. The Hall–Kier alpha value is -10.4. The minimum atomic E-state index is -1.67. The summed E-state index contributed by atoms with van der Waals surface area (Å²) in [5.41, 5.74) is 19.6. The molecule has 0 radical (unpaired) electrons. The molecule has 0 saturated carbocycles. The van der Waals surface area contributed by atoms with E-state index < -0.39 is 199 Å². The number of carbonyl (C=O) groups excluding carboxylic acids is 12. The Bertz CT molecular complexity index is 4080. The summed E-state index contributed by atoms with van der Waals surface area (Å²) in [5, 5.41) is 58.6. The molecule has 3 saturated heterocycles. The average molecular weight is 1590 g/mol. The highest BCUT2D eigenvalue weighted by atomic mass is 33.1. The number of aliphatic carboxylic acids is 1. The number of hydrogen-bond acceptors (Lipinski definition) is 21. The number of thioether (sulfide) groups is 1. The maximum Gasteiger partial charge on any atom is 0.303 e. The number of fused-ring (bicyclic) bond motifs is 7. The zero-order valence-electron chi connectivity index (χ0n) is 61.7. The molecule has 6 heterocycles. The van der Waals surface area contributed by atoms with Crippen LogP contribution in [0.2, 0.25) is 0 Å². The van der Waals surface area contributed by atoms with Crippen LogP contribution < -0.4 is 65.1 Å². The number of para-hydroxylation sites is 1. The summed E-state index contributed by atoms with van der Waals surface area (Å²) in [4.78, 5) is 210. The van der Waals surface area contributed by atoms with Crippen LogP contribution in [0.5, 0.6) is 0 Å². The van der Waals surface area contributed by atoms with Crippen molar-refractivity contribution < 1.29 is 67.4 Å². The number of amidine groups is 1. The van der Waals surface area contributed by atoms with Gasteiger partial charge in [-0.1, -0.05) is 89.5 Å². The minimum Gasteiger partial charge on any atom is -0.481 e. The zero-order valence-corrected chi connectivity index (χ0v) is 64.2. The third-order valence-corrected chi connectivity index (χ3v) is 23.1. The predicted molar refractivity (Wildman–Crippen MR) is 420 cm³/mol. The van der Waals surface area contributed by atoms with Crippen molar-refractivity contribution in [3.8, 4) is 0 Å². The Morgan fingerprint density at radius 1 is 0.577 bits per heavy atom. The molecule has 2 aromatic carbocycles. The van der Waals surface area contributed by atoms with Crippen LogP contribution in [0.25, 0.3) is 10.9 Å². The number of carboxylic acids is 1. The monoisotopic (exact) mass is 1590 g/mol. The number of guanidine groups is 2. The number of imidazole rings is 1. The van der Waals surface area contributed by atoms with Gasteiger partial charge in [-0.15, -0.1) is 11.8 Å². The fraction of sp³-hybridized carbons (Fsp3) is 0.514. The molecule has 4 aliphatic rings. The second-order valence-corrected chi connectivity index (χ2v) is 31.7. The maximum atomic E-state index is 15.7. The fourth-order valence-electron chi connectivity index (χ4n) is 13.4. The molecule has 0 unspecified atom stereocenters. The van der Waals surface area contributed by atoms with Gasteiger partial charge >= 0.3 is 5.97 Å². The van der Waals surface area contributed by atoms with E-state index in [0.717, 1.165) is 32.5 Å². The predicted octanol–water partition coefficient (Wildman–Crippen LogP) is 1.58. The normalized spacial score (nSPS) is 25.1. The van der Waals surface area contributed by atoms with Gasteiger partial charge in [-0.25, -0.2) is 4.98 Å². The number of nitrogens with one attached hydrogen (secondary N) is 14. The molecule has 4 aliphatic heterocycles. The van der Waals surface area contributed by atoms with Crippen LogP contribution in [0.3, 0.4) is 0 Å². The number of Topliss-reactive ketones (excluding diaryl/α,β-unsaturated/α-hetero) is 4. The van der Waals surface area contributed by atoms with Crippen LogP contribution in [0, 0.1) is 39.9 Å². The van der Waals surface area contributed by atoms with E-state index in [-0.39, 0.29) is 113 Å². The highest BCUT2D eigenvalue weighted by Crippen LogP contribution is 2.33. The molecule has 3 fully saturated rings. The first-order valence-corrected chi connectivity index (χ1v) is 40.7. The minimum absolute atomic E-state index is 0.00250. The van der Waals surface area contributed by atoms with Crippen LogP contribution in [-0.2, 0) is 81.6 Å². The van der Waals surface area contributed by atoms with Crippen molar-refractivity contribution in [2.45, 2.75) is 177 Å². The van der Waals surface area contributed by atoms with Crippen molar-refractivity contribution in [3.05, 3.63) is 102 Å². The third-order valence-electron chi connectivity index (χ3n) is 19.6. The lowest BCUT2D eigenvalue weighted by atomic mass is 9.82. The van der Waals surface area contributed by atoms with Gasteiger partial charge in [0.05, 0.1) is 29.8 Å². The Morgan fingerprint density at radius 3 is 1.83 bits per heavy atom. The Balaban J connectivity index is 1.26. The van der Waals surface area contributed by atoms with E-state index in [4.69, 9.17) is 33.4 Å². The van der Waals surface area contributed by atoms with E-state index in [1.165, 1.54) is 36.1 Å². The summed E-state index contributed by atoms with van der Waals surface area (Å²) in [6, 6.07) is 4.06. The van der Waals surface area contributed by atoms with Crippen LogP contribution >= 0.6 is 33.3 Å². The molecule has 8 rings (SSSR count). The van der Waals surface area contributed by atoms with Gasteiger partial charge < -0.3 is 85.0 Å². The summed E-state index contributed by atoms with van der Waals surface area (Å²) >= 11 is 1.18. The van der Waals surface area contributed by atoms with Crippen molar-refractivity contribution in [3.63, 3.8) is 0 Å². The second kappa shape index (κ2) is 43.2. The van der Waals surface area contributed by atoms with E-state index in [0.29, 0.717) is 35.4 Å². The summed E-state index contributed by atoms with van der Waals surface area (Å²) in [7, 11) is 2.05. The van der Waals surface area contributed by atoms with E-state index in [2.05, 4.69) is 67.8 Å². The van der Waals surface area contributed by atoms with Crippen molar-refractivity contribution in [1.29, 1.82) is 16.2 Å². The summed E-state index contributed by atoms with van der Waals surface area (Å²) in [6.07, 6.45) is 5.02. The first-order valence-electron chi connectivity index (χ1n) is 37.0. The topological polar surface area (TPSA) is 560 Å². The molecule has 37 heteroatoms. The summed E-state index contributed by atoms with van der Waals surface area (Å²) < 4.78 is 0. The standard InChI is InChI=1S/C74H100N20O14S3/c1-41-26-60(96)46-31-61(97)44(28-45-34-85-50-17-7-6-16-49(45)50)30-62(98)54(32-47-15-9-23-82-47)90-69(105)55(27-42-12-3-2-4-13-42)91-70(106)56(33-48-35-81-39-86-48)92-71(107)58-38-109-40-94(58)72(108)57(37-111-110-36-46)93-67(103)52(19-11-25-84-74(79)80)88-66(102)51(18-10-24-83-73(77)78)89-68(104)53(21-22-64(99)100)87-65(101)43(29-59(41)95)14-5-8-20-63(75)76/h2-4,6-7,12-13,15-17,23,34-35,39,41,43-44,46,51-58,85H,5,8-11,14,18-22,24-33,36-38,40H2,1H3,(H3,75,76)(H,81,86)(H,87,101)(H,88,102)(H,89,104)(H,90,105)(H,91,106)(H,92,107)(H,93,103)(H,99,100)(H4,77,78,83)(H4,79,80,84)/t41-,43-,44-,46+,51+,52+,53+,54+,55-,56+,57+,58+/m1/s1. The number of aromatic nitrogens is 3. The number of ketones is 4. The zero-order chi connectivity index (χ0) is 80.1. The first-order chi connectivity index (χ1) is 53.2. The number of rotatable bonds is 24. The number of aliphatic imine (C=N–C) groups is 1. The van der Waals surface area contributed by atoms with Gasteiger partial charge in [0.15, 0.2) is 17.7 Å². The smallest absolute Gasteiger partial charge is 0.303 e. The molecule has 34 nitrogen and oxygen atoms in total. The maximum absolute atomic E-state index is 15.7. The van der Waals surface area contributed by atoms with Crippen LogP contribution in [-0.4, -0.2) is 210 Å². The molecule has 21 N–H and O–H groups in total. The van der Waals surface area contributed by atoms with Gasteiger partial charge in [-0.3, -0.25) is 83.5 Å². The molecular formula is C74H100N20O14S3. The lowest BCUT2D eigenvalue weighted by molar-refractivity contribution is -0.142. The molecule has 4 aromatic rings. The number of carboxylic acid groups (broad SMARTS) is 1. The lowest BCUT2D eigenvalue weighted by Gasteiger charge is -2.30. The third kappa shape index (κ3) is 27.2. The Kier molecular flexibility index (Phi) is 33.6. The summed E-state index contributed by atoms with van der Waals surface area (Å²) in [6.45, 7) is 1.47. The number of nitrogens with zero attached hydrogens (tertiary/aromatic N) is 3. The van der Waals surface area contributed by atoms with Gasteiger partial charge in [0.25, 0.3) is 0 Å². The van der Waals surface area contributed by atoms with Gasteiger partial charge in [0.2, 0.25) is 47.3 Å². The molecule has 2 bridgehead atoms. The van der Waals surface area contributed by atoms with Crippen molar-refractivity contribution in [1.82, 2.24) is 67.7 Å². The number of amides is 8. The lowest BCUT2D eigenvalue weighted by Crippen LogP contribution is -2.61. The van der Waals surface area contributed by atoms with Gasteiger partial charge in [0.1, 0.15) is 59.6 Å². The number of nitrogens with two attached hydrogens (primary N) is 3. The molecule has 0 aliphatic carbocycles. The molecule has 598 valence electrons. The highest BCUT2D eigenvalue weighted by Gasteiger charge is 2.43. The van der Waals surface area contributed by atoms with E-state index in [9.17, 15) is 29.1 Å². The molecule has 8 amide bonds. The Labute approximate surface area is 653 Å². The second-order valence-electron chi connectivity index (χ2n) is 28.1. The van der Waals surface area contributed by atoms with E-state index >= 15 is 38.4 Å². The van der Waals surface area contributed by atoms with E-state index in [1.807, 2.05) is 24.3 Å².